The Morgan fingerprint density at radius 1 is 1.45 bits per heavy atom. The van der Waals surface area contributed by atoms with Gasteiger partial charge in [-0.15, -0.1) is 0 Å². The third-order valence-corrected chi connectivity index (χ3v) is 4.22. The number of nitrogens with zero attached hydrogens (tertiary/aromatic N) is 2. The Morgan fingerprint density at radius 3 is 2.90 bits per heavy atom. The lowest BCUT2D eigenvalue weighted by Crippen LogP contribution is -2.20. The molecule has 0 bridgehead atoms. The summed E-state index contributed by atoms with van der Waals surface area (Å²) < 4.78 is 27.9. The molecule has 1 atom stereocenters. The van der Waals surface area contributed by atoms with Crippen molar-refractivity contribution in [3.8, 4) is 0 Å². The molecule has 104 valence electrons. The number of aromatic nitrogens is 1. The van der Waals surface area contributed by atoms with Gasteiger partial charge in [-0.05, 0) is 12.1 Å². The highest BCUT2D eigenvalue weighted by Crippen LogP contribution is 2.24. The lowest BCUT2D eigenvalue weighted by molar-refractivity contribution is -0.384. The van der Waals surface area contributed by atoms with E-state index in [9.17, 15) is 18.5 Å². The van der Waals surface area contributed by atoms with Crippen LogP contribution in [-0.2, 0) is 9.84 Å². The number of nitrogens with one attached hydrogen (secondary N) is 1. The number of hydrogen-bond acceptors (Lipinski definition) is 7. The first kappa shape index (κ1) is 12.6. The van der Waals surface area contributed by atoms with E-state index < -0.39 is 20.8 Å². The molecule has 1 N–H and O–H groups in total. The molecule has 2 aromatic rings. The molecule has 2 heterocycles. The first-order valence-corrected chi connectivity index (χ1v) is 7.37. The zero-order valence-electron chi connectivity index (χ0n) is 10.0. The zero-order chi connectivity index (χ0) is 14.3. The Labute approximate surface area is 113 Å². The second-order valence-electron chi connectivity index (χ2n) is 4.34. The van der Waals surface area contributed by atoms with Crippen molar-refractivity contribution in [3.05, 3.63) is 39.8 Å². The fraction of sp³-hybridized carbons (Fsp3) is 0.182. The van der Waals surface area contributed by atoms with Crippen molar-refractivity contribution in [2.24, 2.45) is 0 Å². The Morgan fingerprint density at radius 2 is 2.25 bits per heavy atom. The van der Waals surface area contributed by atoms with Gasteiger partial charge in [0.2, 0.25) is 0 Å². The summed E-state index contributed by atoms with van der Waals surface area (Å²) in [6.45, 7) is 0. The van der Waals surface area contributed by atoms with Gasteiger partial charge in [-0.2, -0.15) is 4.98 Å². The fourth-order valence-electron chi connectivity index (χ4n) is 1.91. The predicted molar refractivity (Wildman–Crippen MR) is 71.0 cm³/mol. The lowest BCUT2D eigenvalue weighted by atomic mass is 10.3. The topological polar surface area (TPSA) is 115 Å². The molecule has 0 fully saturated rings. The van der Waals surface area contributed by atoms with E-state index in [1.54, 1.807) is 0 Å². The van der Waals surface area contributed by atoms with Crippen molar-refractivity contribution in [2.45, 2.75) is 6.04 Å². The van der Waals surface area contributed by atoms with Gasteiger partial charge in [0.15, 0.2) is 15.4 Å². The Kier molecular flexibility index (Phi) is 2.71. The molecule has 1 unspecified atom stereocenters. The van der Waals surface area contributed by atoms with Crippen molar-refractivity contribution in [1.29, 1.82) is 0 Å². The number of oxazole rings is 1. The molecule has 1 aromatic heterocycles. The third kappa shape index (κ3) is 2.35. The molecular weight excluding hydrogens is 286 g/mol. The van der Waals surface area contributed by atoms with Crippen LogP contribution < -0.4 is 5.32 Å². The minimum Gasteiger partial charge on any atom is -0.423 e. The molecule has 1 aromatic carbocycles. The molecule has 0 spiro atoms. The monoisotopic (exact) mass is 295 g/mol. The Bertz CT molecular complexity index is 824. The van der Waals surface area contributed by atoms with Crippen molar-refractivity contribution < 1.29 is 17.8 Å². The molecule has 0 amide bonds. The standard InChI is InChI=1S/C11H9N3O5S/c15-14(16)8-1-2-9-10(5-8)19-11(13-9)12-7-3-4-20(17,18)6-7/h1-5,7H,6H2,(H,12,13). The van der Waals surface area contributed by atoms with Crippen LogP contribution in [0.25, 0.3) is 11.1 Å². The van der Waals surface area contributed by atoms with Crippen LogP contribution in [0, 0.1) is 10.1 Å². The van der Waals surface area contributed by atoms with E-state index in [1.165, 1.54) is 24.3 Å². The minimum absolute atomic E-state index is 0.0636. The molecule has 20 heavy (non-hydrogen) atoms. The van der Waals surface area contributed by atoms with Crippen LogP contribution in [0.15, 0.2) is 34.1 Å². The normalized spacial score (nSPS) is 20.3. The molecule has 8 nitrogen and oxygen atoms in total. The van der Waals surface area contributed by atoms with Gasteiger partial charge in [-0.25, -0.2) is 8.42 Å². The summed E-state index contributed by atoms with van der Waals surface area (Å²) in [6, 6.07) is 3.79. The summed E-state index contributed by atoms with van der Waals surface area (Å²) in [5.74, 6) is -0.0636. The predicted octanol–water partition coefficient (Wildman–Crippen LogP) is 1.46. The van der Waals surface area contributed by atoms with E-state index in [2.05, 4.69) is 10.3 Å². The van der Waals surface area contributed by atoms with E-state index in [1.807, 2.05) is 0 Å². The van der Waals surface area contributed by atoms with Crippen molar-refractivity contribution in [3.63, 3.8) is 0 Å². The van der Waals surface area contributed by atoms with Gasteiger partial charge >= 0.3 is 0 Å². The van der Waals surface area contributed by atoms with Crippen LogP contribution >= 0.6 is 0 Å². The molecular formula is C11H9N3O5S. The molecule has 3 rings (SSSR count). The van der Waals surface area contributed by atoms with E-state index in [0.29, 0.717) is 5.52 Å². The highest BCUT2D eigenvalue weighted by molar-refractivity contribution is 7.94. The van der Waals surface area contributed by atoms with Gasteiger partial charge in [0, 0.05) is 11.5 Å². The highest BCUT2D eigenvalue weighted by Gasteiger charge is 2.23. The number of fused-ring (bicyclic) bond motifs is 1. The van der Waals surface area contributed by atoms with E-state index in [-0.39, 0.29) is 23.0 Å². The third-order valence-electron chi connectivity index (χ3n) is 2.82. The van der Waals surface area contributed by atoms with Crippen molar-refractivity contribution >= 4 is 32.6 Å². The molecule has 0 radical (unpaired) electrons. The van der Waals surface area contributed by atoms with Crippen LogP contribution in [0.4, 0.5) is 11.7 Å². The number of sulfone groups is 1. The van der Waals surface area contributed by atoms with Crippen LogP contribution in [0.5, 0.6) is 0 Å². The van der Waals surface area contributed by atoms with Gasteiger partial charge < -0.3 is 9.73 Å². The number of benzene rings is 1. The van der Waals surface area contributed by atoms with Gasteiger partial charge in [-0.1, -0.05) is 0 Å². The Hall–Kier alpha value is -2.42. The first-order valence-electron chi connectivity index (χ1n) is 5.65. The summed E-state index contributed by atoms with van der Waals surface area (Å²) in [4.78, 5) is 14.2. The number of rotatable bonds is 3. The summed E-state index contributed by atoms with van der Waals surface area (Å²) >= 11 is 0. The summed E-state index contributed by atoms with van der Waals surface area (Å²) in [5.41, 5.74) is 0.637. The molecule has 0 aliphatic carbocycles. The molecule has 1 aliphatic rings. The van der Waals surface area contributed by atoms with Crippen LogP contribution in [0.3, 0.4) is 0 Å². The lowest BCUT2D eigenvalue weighted by Gasteiger charge is -2.05. The second kappa shape index (κ2) is 4.30. The Balaban J connectivity index is 1.86. The number of hydrogen-bond donors (Lipinski definition) is 1. The quantitative estimate of drug-likeness (QED) is 0.673. The van der Waals surface area contributed by atoms with E-state index in [0.717, 1.165) is 5.41 Å². The zero-order valence-corrected chi connectivity index (χ0v) is 10.8. The highest BCUT2D eigenvalue weighted by atomic mass is 32.2. The number of anilines is 1. The van der Waals surface area contributed by atoms with Crippen LogP contribution in [-0.4, -0.2) is 30.1 Å². The van der Waals surface area contributed by atoms with E-state index in [4.69, 9.17) is 4.42 Å². The number of nitro groups is 1. The molecule has 0 saturated heterocycles. The maximum Gasteiger partial charge on any atom is 0.296 e. The van der Waals surface area contributed by atoms with Crippen LogP contribution in [0.2, 0.25) is 0 Å². The summed E-state index contributed by atoms with van der Waals surface area (Å²) in [7, 11) is -3.17. The average molecular weight is 295 g/mol. The molecule has 9 heteroatoms. The van der Waals surface area contributed by atoms with Gasteiger partial charge in [-0.3, -0.25) is 10.1 Å². The number of nitro benzene ring substituents is 1. The number of non-ortho nitro benzene ring substituents is 1. The van der Waals surface area contributed by atoms with Crippen molar-refractivity contribution in [1.82, 2.24) is 4.98 Å². The maximum atomic E-state index is 11.3. The van der Waals surface area contributed by atoms with Gasteiger partial charge in [0.25, 0.3) is 11.7 Å². The van der Waals surface area contributed by atoms with Crippen molar-refractivity contribution in [2.75, 3.05) is 11.1 Å². The molecule has 0 saturated carbocycles. The summed E-state index contributed by atoms with van der Waals surface area (Å²) in [5, 5.41) is 14.6. The SMILES string of the molecule is O=[N+]([O-])c1ccc2nc(NC3C=CS(=O)(=O)C3)oc2c1. The second-order valence-corrected chi connectivity index (χ2v) is 6.27. The maximum absolute atomic E-state index is 11.3. The summed E-state index contributed by atoms with van der Waals surface area (Å²) in [6.07, 6.45) is 1.51. The first-order chi connectivity index (χ1) is 9.43. The fourth-order valence-corrected chi connectivity index (χ4v) is 3.15. The largest absolute Gasteiger partial charge is 0.423 e. The minimum atomic E-state index is -3.17. The van der Waals surface area contributed by atoms with Gasteiger partial charge in [0.1, 0.15) is 5.52 Å². The van der Waals surface area contributed by atoms with E-state index >= 15 is 0 Å². The van der Waals surface area contributed by atoms with Gasteiger partial charge in [0.05, 0.1) is 22.8 Å². The average Bonchev–Trinajstić information content (AvgIpc) is 2.91. The smallest absolute Gasteiger partial charge is 0.296 e. The molecule has 1 aliphatic heterocycles. The van der Waals surface area contributed by atoms with Crippen LogP contribution in [0.1, 0.15) is 0 Å².